The Morgan fingerprint density at radius 1 is 1.05 bits per heavy atom. The van der Waals surface area contributed by atoms with E-state index < -0.39 is 0 Å². The molecular weight excluding hydrogens is 262 g/mol. The van der Waals surface area contributed by atoms with E-state index in [2.05, 4.69) is 22.7 Å². The van der Waals surface area contributed by atoms with E-state index in [1.54, 1.807) is 0 Å². The second-order valence-corrected chi connectivity index (χ2v) is 6.83. The molecule has 0 saturated heterocycles. The molecule has 3 rings (SSSR count). The summed E-state index contributed by atoms with van der Waals surface area (Å²) in [5, 5.41) is 3.55. The Morgan fingerprint density at radius 2 is 1.71 bits per heavy atom. The first kappa shape index (κ1) is 14.6. The lowest BCUT2D eigenvalue weighted by atomic mass is 9.83. The minimum atomic E-state index is 0.536. The molecule has 5 nitrogen and oxygen atoms in total. The maximum absolute atomic E-state index is 5.60. The second-order valence-electron chi connectivity index (χ2n) is 6.83. The van der Waals surface area contributed by atoms with E-state index in [4.69, 9.17) is 10.8 Å². The number of hydrazine groups is 1. The summed E-state index contributed by atoms with van der Waals surface area (Å²) in [6, 6.07) is 0. The zero-order valence-corrected chi connectivity index (χ0v) is 13.2. The van der Waals surface area contributed by atoms with Gasteiger partial charge in [-0.05, 0) is 44.4 Å². The summed E-state index contributed by atoms with van der Waals surface area (Å²) in [6.07, 6.45) is 7.78. The molecule has 0 unspecified atom stereocenters. The molecule has 0 aromatic carbocycles. The molecule has 2 saturated carbocycles. The van der Waals surface area contributed by atoms with Crippen molar-refractivity contribution in [3.05, 3.63) is 11.4 Å². The molecule has 0 aliphatic heterocycles. The smallest absolute Gasteiger partial charge is 0.148 e. The van der Waals surface area contributed by atoms with Crippen LogP contribution >= 0.6 is 0 Å². The fourth-order valence-electron chi connectivity index (χ4n) is 3.14. The number of hydrogen-bond acceptors (Lipinski definition) is 5. The molecule has 0 atom stereocenters. The molecule has 0 bridgehead atoms. The summed E-state index contributed by atoms with van der Waals surface area (Å²) in [6.45, 7) is 5.40. The summed E-state index contributed by atoms with van der Waals surface area (Å²) >= 11 is 0. The molecule has 2 fully saturated rings. The summed E-state index contributed by atoms with van der Waals surface area (Å²) < 4.78 is 0. The zero-order valence-electron chi connectivity index (χ0n) is 13.2. The van der Waals surface area contributed by atoms with Crippen LogP contribution in [0.2, 0.25) is 0 Å². The van der Waals surface area contributed by atoms with E-state index in [-0.39, 0.29) is 0 Å². The third kappa shape index (κ3) is 3.46. The molecule has 21 heavy (non-hydrogen) atoms. The number of anilines is 2. The lowest BCUT2D eigenvalue weighted by Gasteiger charge is -2.26. The van der Waals surface area contributed by atoms with Crippen molar-refractivity contribution in [1.29, 1.82) is 0 Å². The lowest BCUT2D eigenvalue weighted by Crippen LogP contribution is -2.22. The van der Waals surface area contributed by atoms with Gasteiger partial charge in [0.2, 0.25) is 0 Å². The van der Waals surface area contributed by atoms with Gasteiger partial charge in [-0.3, -0.25) is 0 Å². The maximum atomic E-state index is 5.60. The van der Waals surface area contributed by atoms with Crippen LogP contribution in [0.4, 0.5) is 11.6 Å². The molecule has 4 N–H and O–H groups in total. The molecule has 0 amide bonds. The van der Waals surface area contributed by atoms with Gasteiger partial charge in [-0.15, -0.1) is 0 Å². The van der Waals surface area contributed by atoms with Crippen LogP contribution in [0.1, 0.15) is 62.8 Å². The Labute approximate surface area is 127 Å². The highest BCUT2D eigenvalue weighted by molar-refractivity contribution is 5.57. The lowest BCUT2D eigenvalue weighted by molar-refractivity contribution is 0.300. The summed E-state index contributed by atoms with van der Waals surface area (Å²) in [4.78, 5) is 9.26. The number of hydrogen-bond donors (Lipinski definition) is 3. The van der Waals surface area contributed by atoms with E-state index in [9.17, 15) is 0 Å². The maximum Gasteiger partial charge on any atom is 0.148 e. The van der Waals surface area contributed by atoms with Crippen LogP contribution in [0.3, 0.4) is 0 Å². The Bertz CT molecular complexity index is 490. The first-order chi connectivity index (χ1) is 10.2. The molecule has 0 spiro atoms. The first-order valence-electron chi connectivity index (χ1n) is 8.26. The minimum absolute atomic E-state index is 0.536. The topological polar surface area (TPSA) is 75.9 Å². The van der Waals surface area contributed by atoms with E-state index in [0.29, 0.717) is 5.92 Å². The van der Waals surface area contributed by atoms with Crippen molar-refractivity contribution in [2.45, 2.75) is 58.3 Å². The van der Waals surface area contributed by atoms with Gasteiger partial charge in [-0.25, -0.2) is 15.8 Å². The van der Waals surface area contributed by atoms with Gasteiger partial charge in [0.1, 0.15) is 17.5 Å². The molecule has 2 aliphatic rings. The van der Waals surface area contributed by atoms with Gasteiger partial charge >= 0.3 is 0 Å². The Kier molecular flexibility index (Phi) is 4.29. The van der Waals surface area contributed by atoms with Crippen molar-refractivity contribution in [1.82, 2.24) is 9.97 Å². The summed E-state index contributed by atoms with van der Waals surface area (Å²) in [5.41, 5.74) is 3.73. The zero-order chi connectivity index (χ0) is 14.8. The molecule has 1 aromatic rings. The molecule has 2 aliphatic carbocycles. The van der Waals surface area contributed by atoms with Crippen molar-refractivity contribution in [2.75, 3.05) is 17.3 Å². The van der Waals surface area contributed by atoms with Crippen LogP contribution in [-0.4, -0.2) is 16.5 Å². The first-order valence-corrected chi connectivity index (χ1v) is 8.26. The van der Waals surface area contributed by atoms with Crippen LogP contribution in [0.15, 0.2) is 0 Å². The van der Waals surface area contributed by atoms with Gasteiger partial charge in [-0.1, -0.05) is 19.8 Å². The normalized spacial score (nSPS) is 25.7. The van der Waals surface area contributed by atoms with Crippen molar-refractivity contribution in [2.24, 2.45) is 17.7 Å². The molecule has 116 valence electrons. The van der Waals surface area contributed by atoms with Crippen LogP contribution < -0.4 is 16.6 Å². The number of nitrogens with two attached hydrogens (primary N) is 1. The SMILES string of the molecule is Cc1c(NN)nc(C2CC2)nc1NCC1CCC(C)CC1. The number of rotatable bonds is 5. The van der Waals surface area contributed by atoms with E-state index >= 15 is 0 Å². The fraction of sp³-hybridized carbons (Fsp3) is 0.750. The highest BCUT2D eigenvalue weighted by Gasteiger charge is 2.28. The van der Waals surface area contributed by atoms with Crippen LogP contribution in [-0.2, 0) is 0 Å². The highest BCUT2D eigenvalue weighted by atomic mass is 15.3. The Morgan fingerprint density at radius 3 is 2.33 bits per heavy atom. The predicted octanol–water partition coefficient (Wildman–Crippen LogP) is 3.19. The molecule has 1 heterocycles. The second kappa shape index (κ2) is 6.18. The highest BCUT2D eigenvalue weighted by Crippen LogP contribution is 2.39. The largest absolute Gasteiger partial charge is 0.369 e. The molecule has 1 aromatic heterocycles. The quantitative estimate of drug-likeness (QED) is 0.573. The van der Waals surface area contributed by atoms with Gasteiger partial charge in [0.05, 0.1) is 0 Å². The standard InChI is InChI=1S/C16H27N5/c1-10-3-5-12(6-4-10)9-18-14-11(2)15(21-17)20-16(19-14)13-7-8-13/h10,12-13H,3-9,17H2,1-2H3,(H2,18,19,20,21). The number of nitrogens with one attached hydrogen (secondary N) is 2. The summed E-state index contributed by atoms with van der Waals surface area (Å²) in [5.74, 6) is 10.5. The third-order valence-electron chi connectivity index (χ3n) is 4.94. The van der Waals surface area contributed by atoms with Crippen molar-refractivity contribution < 1.29 is 0 Å². The minimum Gasteiger partial charge on any atom is -0.369 e. The van der Waals surface area contributed by atoms with Gasteiger partial charge in [0.15, 0.2) is 0 Å². The average molecular weight is 289 g/mol. The van der Waals surface area contributed by atoms with E-state index in [1.165, 1.54) is 38.5 Å². The predicted molar refractivity (Wildman–Crippen MR) is 86.2 cm³/mol. The van der Waals surface area contributed by atoms with Crippen molar-refractivity contribution in [3.63, 3.8) is 0 Å². The number of nitrogens with zero attached hydrogens (tertiary/aromatic N) is 2. The fourth-order valence-corrected chi connectivity index (χ4v) is 3.14. The van der Waals surface area contributed by atoms with Gasteiger partial charge in [0.25, 0.3) is 0 Å². The Hall–Kier alpha value is -1.36. The van der Waals surface area contributed by atoms with Crippen LogP contribution in [0.25, 0.3) is 0 Å². The van der Waals surface area contributed by atoms with E-state index in [0.717, 1.165) is 41.4 Å². The monoisotopic (exact) mass is 289 g/mol. The third-order valence-corrected chi connectivity index (χ3v) is 4.94. The number of aromatic nitrogens is 2. The van der Waals surface area contributed by atoms with Crippen LogP contribution in [0.5, 0.6) is 0 Å². The van der Waals surface area contributed by atoms with Crippen molar-refractivity contribution in [3.8, 4) is 0 Å². The molecular formula is C16H27N5. The van der Waals surface area contributed by atoms with E-state index in [1.807, 2.05) is 6.92 Å². The average Bonchev–Trinajstić information content (AvgIpc) is 3.32. The van der Waals surface area contributed by atoms with Gasteiger partial charge in [0, 0.05) is 18.0 Å². The Balaban J connectivity index is 1.67. The number of nitrogen functional groups attached to an aromatic ring is 1. The molecule has 5 heteroatoms. The molecule has 0 radical (unpaired) electrons. The summed E-state index contributed by atoms with van der Waals surface area (Å²) in [7, 11) is 0. The van der Waals surface area contributed by atoms with Crippen LogP contribution in [0, 0.1) is 18.8 Å². The van der Waals surface area contributed by atoms with Crippen molar-refractivity contribution >= 4 is 11.6 Å². The van der Waals surface area contributed by atoms with Gasteiger partial charge in [-0.2, -0.15) is 0 Å². The van der Waals surface area contributed by atoms with Gasteiger partial charge < -0.3 is 10.7 Å².